The van der Waals surface area contributed by atoms with E-state index in [2.05, 4.69) is 4.98 Å². The molecule has 0 spiro atoms. The number of nitrogens with zero attached hydrogens (tertiary/aromatic N) is 1. The highest BCUT2D eigenvalue weighted by atomic mass is 19.2. The van der Waals surface area contributed by atoms with Crippen molar-refractivity contribution in [3.8, 4) is 0 Å². The van der Waals surface area contributed by atoms with Crippen LogP contribution in [0.15, 0.2) is 11.0 Å². The Kier molecular flexibility index (Phi) is 4.23. The van der Waals surface area contributed by atoms with Gasteiger partial charge in [-0.3, -0.25) is 14.9 Å². The van der Waals surface area contributed by atoms with E-state index in [1.165, 1.54) is 13.8 Å². The second kappa shape index (κ2) is 6.26. The number of nitro groups is 1. The average molecular weight is 428 g/mol. The first-order valence-electron chi connectivity index (χ1n) is 9.19. The second-order valence-corrected chi connectivity index (χ2v) is 7.55. The number of nitrogens with one attached hydrogen (secondary N) is 1. The maximum Gasteiger partial charge on any atom is 0.343 e. The third-order valence-electron chi connectivity index (χ3n) is 5.69. The maximum absolute atomic E-state index is 15.2. The fourth-order valence-electron chi connectivity index (χ4n) is 4.00. The van der Waals surface area contributed by atoms with Crippen LogP contribution in [0.5, 0.6) is 0 Å². The summed E-state index contributed by atoms with van der Waals surface area (Å²) in [4.78, 5) is 38.3. The summed E-state index contributed by atoms with van der Waals surface area (Å²) in [5.74, 6) is -1.07. The van der Waals surface area contributed by atoms with Crippen LogP contribution in [-0.2, 0) is 16.1 Å². The molecule has 30 heavy (non-hydrogen) atoms. The van der Waals surface area contributed by atoms with E-state index in [-0.39, 0.29) is 17.7 Å². The van der Waals surface area contributed by atoms with Crippen molar-refractivity contribution in [3.63, 3.8) is 0 Å². The Morgan fingerprint density at radius 1 is 1.27 bits per heavy atom. The number of carbonyl (C=O) groups excluding carboxylic acids is 1. The number of aromatic amines is 1. The van der Waals surface area contributed by atoms with E-state index >= 15 is 8.78 Å². The molecule has 7 nitrogen and oxygen atoms in total. The van der Waals surface area contributed by atoms with E-state index in [1.807, 2.05) is 0 Å². The lowest BCUT2D eigenvalue weighted by molar-refractivity contribution is -0.384. The number of alkyl halides is 4. The molecule has 11 heteroatoms. The molecule has 2 aliphatic carbocycles. The fraction of sp³-hybridized carbons (Fsp3) is 0.474. The van der Waals surface area contributed by atoms with Crippen molar-refractivity contribution in [3.05, 3.63) is 48.8 Å². The minimum absolute atomic E-state index is 0.0823. The molecule has 0 aliphatic heterocycles. The third kappa shape index (κ3) is 2.56. The topological polar surface area (TPSA) is 102 Å². The molecule has 4 atom stereocenters. The van der Waals surface area contributed by atoms with E-state index < -0.39 is 80.6 Å². The number of fused-ring (bicyclic) bond motifs is 1. The van der Waals surface area contributed by atoms with Crippen molar-refractivity contribution in [2.45, 2.75) is 50.4 Å². The van der Waals surface area contributed by atoms with Crippen LogP contribution in [0.3, 0.4) is 0 Å². The lowest BCUT2D eigenvalue weighted by atomic mass is 9.87. The van der Waals surface area contributed by atoms with Gasteiger partial charge in [-0.25, -0.2) is 22.4 Å². The molecule has 2 aliphatic rings. The summed E-state index contributed by atoms with van der Waals surface area (Å²) in [5.41, 5.74) is -10.6. The highest BCUT2D eigenvalue weighted by Gasteiger charge is 2.68. The van der Waals surface area contributed by atoms with Crippen LogP contribution in [0.1, 0.15) is 46.8 Å². The van der Waals surface area contributed by atoms with E-state index in [4.69, 9.17) is 4.74 Å². The summed E-state index contributed by atoms with van der Waals surface area (Å²) in [7, 11) is 0. The van der Waals surface area contributed by atoms with Crippen LogP contribution in [0.4, 0.5) is 23.2 Å². The summed E-state index contributed by atoms with van der Waals surface area (Å²) in [5, 5.41) is 11.2. The van der Waals surface area contributed by atoms with Gasteiger partial charge in [0.1, 0.15) is 23.3 Å². The minimum Gasteiger partial charge on any atom is -0.462 e. The number of aromatic nitrogens is 1. The van der Waals surface area contributed by atoms with Gasteiger partial charge in [0.15, 0.2) is 11.3 Å². The van der Waals surface area contributed by atoms with Gasteiger partial charge in [0.25, 0.3) is 5.69 Å². The molecular formula is C19H16F4N2O5. The Bertz CT molecular complexity index is 1180. The number of pyridine rings is 1. The highest BCUT2D eigenvalue weighted by molar-refractivity contribution is 5.99. The van der Waals surface area contributed by atoms with Crippen LogP contribution in [0, 0.1) is 17.0 Å². The molecule has 0 saturated heterocycles. The summed E-state index contributed by atoms with van der Waals surface area (Å²) >= 11 is 0. The van der Waals surface area contributed by atoms with Gasteiger partial charge in [-0.1, -0.05) is 0 Å². The van der Waals surface area contributed by atoms with Gasteiger partial charge in [-0.2, -0.15) is 0 Å². The van der Waals surface area contributed by atoms with Crippen molar-refractivity contribution in [2.24, 2.45) is 0 Å². The first-order valence-corrected chi connectivity index (χ1v) is 9.19. The van der Waals surface area contributed by atoms with Gasteiger partial charge in [0.2, 0.25) is 5.43 Å². The van der Waals surface area contributed by atoms with Gasteiger partial charge in [-0.05, 0) is 19.4 Å². The molecule has 1 aromatic heterocycles. The lowest BCUT2D eigenvalue weighted by Crippen LogP contribution is -2.24. The number of aryl methyl sites for hydroxylation is 1. The van der Waals surface area contributed by atoms with Crippen LogP contribution >= 0.6 is 0 Å². The van der Waals surface area contributed by atoms with Crippen molar-refractivity contribution < 1.29 is 32.0 Å². The number of ether oxygens (including phenoxy) is 1. The Morgan fingerprint density at radius 3 is 2.27 bits per heavy atom. The number of rotatable bonds is 5. The maximum atomic E-state index is 15.2. The average Bonchev–Trinajstić information content (AvgIpc) is 3.49. The van der Waals surface area contributed by atoms with Gasteiger partial charge in [-0.15, -0.1) is 0 Å². The molecule has 1 heterocycles. The molecule has 4 rings (SSSR count). The van der Waals surface area contributed by atoms with Crippen LogP contribution < -0.4 is 5.43 Å². The second-order valence-electron chi connectivity index (χ2n) is 7.55. The molecule has 0 bridgehead atoms. The molecule has 1 aromatic carbocycles. The number of esters is 1. The summed E-state index contributed by atoms with van der Waals surface area (Å²) in [6.45, 7) is 2.63. The van der Waals surface area contributed by atoms with E-state index in [1.54, 1.807) is 0 Å². The molecular weight excluding hydrogens is 412 g/mol. The third-order valence-corrected chi connectivity index (χ3v) is 5.69. The summed E-state index contributed by atoms with van der Waals surface area (Å²) < 4.78 is 63.0. The first-order chi connectivity index (χ1) is 14.0. The number of benzene rings is 1. The van der Waals surface area contributed by atoms with Crippen molar-refractivity contribution in [1.29, 1.82) is 0 Å². The van der Waals surface area contributed by atoms with Crippen LogP contribution in [-0.4, -0.2) is 34.8 Å². The van der Waals surface area contributed by atoms with Gasteiger partial charge >= 0.3 is 5.97 Å². The number of halogens is 4. The predicted molar refractivity (Wildman–Crippen MR) is 96.5 cm³/mol. The van der Waals surface area contributed by atoms with Crippen LogP contribution in [0.2, 0.25) is 0 Å². The minimum atomic E-state index is -2.93. The molecule has 2 fully saturated rings. The van der Waals surface area contributed by atoms with E-state index in [0.29, 0.717) is 0 Å². The Hall–Kier alpha value is -2.98. The van der Waals surface area contributed by atoms with Gasteiger partial charge in [0, 0.05) is 24.6 Å². The number of carbonyl (C=O) groups is 1. The SMILES string of the molecule is CCOC(=O)c1c[nH]c2c(C)c([C@]3(F)C[C@@H]3F)c([C@]3(F)C[C@@H]3F)c([N+](=O)[O-])c2c1=O. The quantitative estimate of drug-likeness (QED) is 0.338. The molecule has 160 valence electrons. The van der Waals surface area contributed by atoms with Crippen LogP contribution in [0.25, 0.3) is 10.9 Å². The number of nitro benzene ring substituents is 1. The van der Waals surface area contributed by atoms with E-state index in [0.717, 1.165) is 6.20 Å². The highest BCUT2D eigenvalue weighted by Crippen LogP contribution is 2.63. The molecule has 0 radical (unpaired) electrons. The molecule has 0 unspecified atom stereocenters. The molecule has 0 amide bonds. The Balaban J connectivity index is 2.18. The monoisotopic (exact) mass is 428 g/mol. The van der Waals surface area contributed by atoms with E-state index in [9.17, 15) is 28.5 Å². The molecule has 2 aromatic rings. The Morgan fingerprint density at radius 2 is 1.80 bits per heavy atom. The predicted octanol–water partition coefficient (Wildman–Crippen LogP) is 3.73. The zero-order valence-corrected chi connectivity index (χ0v) is 15.9. The van der Waals surface area contributed by atoms with Crippen molar-refractivity contribution in [1.82, 2.24) is 4.98 Å². The standard InChI is InChI=1S/C19H16F4N2O5/c1-3-30-17(27)8-6-24-14-7(2)12(18(22)4-9(18)20)13(19(23)5-10(19)21)15(25(28)29)11(14)16(8)26/h6,9-10H,3-5H2,1-2H3,(H,24,26)/t9-,10-,18-,19-/m0/s1. The largest absolute Gasteiger partial charge is 0.462 e. The summed E-state index contributed by atoms with van der Waals surface area (Å²) in [6, 6.07) is 0. The lowest BCUT2D eigenvalue weighted by Gasteiger charge is -2.20. The number of hydrogen-bond donors (Lipinski definition) is 1. The zero-order valence-electron chi connectivity index (χ0n) is 15.9. The van der Waals surface area contributed by atoms with Crippen molar-refractivity contribution >= 4 is 22.6 Å². The molecule has 1 N–H and O–H groups in total. The zero-order chi connectivity index (χ0) is 22.2. The number of hydrogen-bond acceptors (Lipinski definition) is 5. The fourth-order valence-corrected chi connectivity index (χ4v) is 4.00. The van der Waals surface area contributed by atoms with Crippen molar-refractivity contribution in [2.75, 3.05) is 6.61 Å². The van der Waals surface area contributed by atoms with Gasteiger partial charge < -0.3 is 9.72 Å². The van der Waals surface area contributed by atoms with Gasteiger partial charge in [0.05, 0.1) is 22.6 Å². The number of H-pyrrole nitrogens is 1. The normalized spacial score (nSPS) is 29.7. The molecule has 2 saturated carbocycles. The first kappa shape index (κ1) is 20.3. The smallest absolute Gasteiger partial charge is 0.343 e. The Labute approximate surface area is 166 Å². The summed E-state index contributed by atoms with van der Waals surface area (Å²) in [6.07, 6.45) is -4.72.